The van der Waals surface area contributed by atoms with Gasteiger partial charge in [-0.05, 0) is 18.2 Å². The van der Waals surface area contributed by atoms with Crippen LogP contribution in [0.2, 0.25) is 0 Å². The zero-order valence-corrected chi connectivity index (χ0v) is 9.59. The predicted octanol–water partition coefficient (Wildman–Crippen LogP) is 2.93. The van der Waals surface area contributed by atoms with Crippen LogP contribution >= 0.6 is 15.9 Å². The maximum atomic E-state index is 13.4. The summed E-state index contributed by atoms with van der Waals surface area (Å²) in [5.41, 5.74) is 0.341. The van der Waals surface area contributed by atoms with Crippen LogP contribution in [0.1, 0.15) is 11.6 Å². The van der Waals surface area contributed by atoms with E-state index in [-0.39, 0.29) is 5.82 Å². The lowest BCUT2D eigenvalue weighted by atomic mass is 10.1. The number of hydrogen-bond acceptors (Lipinski definition) is 2. The highest BCUT2D eigenvalue weighted by molar-refractivity contribution is 9.10. The van der Waals surface area contributed by atoms with E-state index in [0.29, 0.717) is 12.1 Å². The van der Waals surface area contributed by atoms with Crippen LogP contribution in [0.4, 0.5) is 4.39 Å². The third kappa shape index (κ3) is 3.15. The SMILES string of the molecule is C=CCNC(C#N)c1cc(Br)ccc1F. The van der Waals surface area contributed by atoms with Crippen LogP contribution in [0.5, 0.6) is 0 Å². The standard InChI is InChI=1S/C11H10BrFN2/c1-2-5-15-11(7-14)9-6-8(12)3-4-10(9)13/h2-4,6,11,15H,1,5H2. The Morgan fingerprint density at radius 2 is 2.40 bits per heavy atom. The summed E-state index contributed by atoms with van der Waals surface area (Å²) in [5.74, 6) is -0.388. The van der Waals surface area contributed by atoms with Crippen LogP contribution in [0, 0.1) is 17.1 Å². The van der Waals surface area contributed by atoms with Crippen LogP contribution in [0.3, 0.4) is 0 Å². The molecule has 1 rings (SSSR count). The average molecular weight is 269 g/mol. The highest BCUT2D eigenvalue weighted by Crippen LogP contribution is 2.21. The van der Waals surface area contributed by atoms with E-state index in [1.807, 2.05) is 6.07 Å². The molecule has 0 aliphatic heterocycles. The lowest BCUT2D eigenvalue weighted by Gasteiger charge is -2.11. The number of benzene rings is 1. The molecule has 0 aliphatic carbocycles. The van der Waals surface area contributed by atoms with Gasteiger partial charge in [0.2, 0.25) is 0 Å². The molecule has 1 aromatic rings. The van der Waals surface area contributed by atoms with Gasteiger partial charge in [-0.3, -0.25) is 5.32 Å². The first kappa shape index (κ1) is 11.9. The number of nitrogens with one attached hydrogen (secondary N) is 1. The topological polar surface area (TPSA) is 35.8 Å². The molecule has 1 aromatic carbocycles. The first-order chi connectivity index (χ1) is 7.19. The Morgan fingerprint density at radius 1 is 1.67 bits per heavy atom. The third-order valence-corrected chi connectivity index (χ3v) is 2.36. The van der Waals surface area contributed by atoms with Crippen LogP contribution < -0.4 is 5.32 Å². The highest BCUT2D eigenvalue weighted by atomic mass is 79.9. The molecule has 2 nitrogen and oxygen atoms in total. The van der Waals surface area contributed by atoms with Crippen molar-refractivity contribution < 1.29 is 4.39 Å². The van der Waals surface area contributed by atoms with Crippen molar-refractivity contribution >= 4 is 15.9 Å². The molecule has 1 unspecified atom stereocenters. The molecule has 0 fully saturated rings. The molecule has 15 heavy (non-hydrogen) atoms. The highest BCUT2D eigenvalue weighted by Gasteiger charge is 2.14. The van der Waals surface area contributed by atoms with Crippen molar-refractivity contribution in [1.82, 2.24) is 5.32 Å². The van der Waals surface area contributed by atoms with Crippen LogP contribution in [-0.4, -0.2) is 6.54 Å². The molecule has 1 atom stereocenters. The summed E-state index contributed by atoms with van der Waals surface area (Å²) in [6.07, 6.45) is 1.63. The maximum Gasteiger partial charge on any atom is 0.129 e. The fourth-order valence-corrected chi connectivity index (χ4v) is 1.54. The summed E-state index contributed by atoms with van der Waals surface area (Å²) in [5, 5.41) is 11.8. The number of hydrogen-bond donors (Lipinski definition) is 1. The molecule has 0 bridgehead atoms. The molecule has 0 spiro atoms. The number of nitriles is 1. The fraction of sp³-hybridized carbons (Fsp3) is 0.182. The number of nitrogens with zero attached hydrogens (tertiary/aromatic N) is 1. The average Bonchev–Trinajstić information content (AvgIpc) is 2.24. The van der Waals surface area contributed by atoms with E-state index >= 15 is 0 Å². The van der Waals surface area contributed by atoms with Gasteiger partial charge < -0.3 is 0 Å². The summed E-state index contributed by atoms with van der Waals surface area (Å²) < 4.78 is 14.1. The van der Waals surface area contributed by atoms with E-state index in [1.165, 1.54) is 6.07 Å². The van der Waals surface area contributed by atoms with Gasteiger partial charge in [-0.2, -0.15) is 5.26 Å². The van der Waals surface area contributed by atoms with E-state index in [4.69, 9.17) is 5.26 Å². The molecule has 1 N–H and O–H groups in total. The quantitative estimate of drug-likeness (QED) is 0.853. The molecule has 0 aromatic heterocycles. The lowest BCUT2D eigenvalue weighted by Crippen LogP contribution is -2.20. The Labute approximate surface area is 96.5 Å². The molecule has 0 saturated carbocycles. The minimum absolute atomic E-state index is 0.341. The smallest absolute Gasteiger partial charge is 0.129 e. The van der Waals surface area contributed by atoms with Gasteiger partial charge in [0.25, 0.3) is 0 Å². The van der Waals surface area contributed by atoms with Crippen LogP contribution in [0.25, 0.3) is 0 Å². The van der Waals surface area contributed by atoms with Crippen molar-refractivity contribution in [3.05, 3.63) is 46.7 Å². The first-order valence-electron chi connectivity index (χ1n) is 4.38. The van der Waals surface area contributed by atoms with E-state index < -0.39 is 6.04 Å². The van der Waals surface area contributed by atoms with Gasteiger partial charge in [-0.25, -0.2) is 4.39 Å². The minimum Gasteiger partial charge on any atom is -0.295 e. The van der Waals surface area contributed by atoms with E-state index in [2.05, 4.69) is 27.8 Å². The van der Waals surface area contributed by atoms with Crippen molar-refractivity contribution in [3.8, 4) is 6.07 Å². The van der Waals surface area contributed by atoms with Crippen molar-refractivity contribution in [2.45, 2.75) is 6.04 Å². The zero-order chi connectivity index (χ0) is 11.3. The van der Waals surface area contributed by atoms with Crippen molar-refractivity contribution in [3.63, 3.8) is 0 Å². The second-order valence-electron chi connectivity index (χ2n) is 2.92. The Bertz CT molecular complexity index is 398. The van der Waals surface area contributed by atoms with Gasteiger partial charge in [-0.1, -0.05) is 22.0 Å². The second-order valence-corrected chi connectivity index (χ2v) is 3.84. The van der Waals surface area contributed by atoms with Gasteiger partial charge in [0.15, 0.2) is 0 Å². The largest absolute Gasteiger partial charge is 0.295 e. The molecular weight excluding hydrogens is 259 g/mol. The Morgan fingerprint density at radius 3 is 3.00 bits per heavy atom. The van der Waals surface area contributed by atoms with Crippen molar-refractivity contribution in [2.24, 2.45) is 0 Å². The van der Waals surface area contributed by atoms with Crippen LogP contribution in [0.15, 0.2) is 35.3 Å². The van der Waals surface area contributed by atoms with Crippen molar-refractivity contribution in [2.75, 3.05) is 6.54 Å². The monoisotopic (exact) mass is 268 g/mol. The molecular formula is C11H10BrFN2. The summed E-state index contributed by atoms with van der Waals surface area (Å²) in [7, 11) is 0. The van der Waals surface area contributed by atoms with E-state index in [1.54, 1.807) is 18.2 Å². The lowest BCUT2D eigenvalue weighted by molar-refractivity contribution is 0.577. The van der Waals surface area contributed by atoms with Crippen LogP contribution in [-0.2, 0) is 0 Å². The minimum atomic E-state index is -0.652. The normalized spacial score (nSPS) is 11.8. The van der Waals surface area contributed by atoms with E-state index in [0.717, 1.165) is 4.47 Å². The molecule has 0 heterocycles. The van der Waals surface area contributed by atoms with Gasteiger partial charge in [0, 0.05) is 16.6 Å². The number of rotatable bonds is 4. The molecule has 0 radical (unpaired) electrons. The van der Waals surface area contributed by atoms with E-state index in [9.17, 15) is 4.39 Å². The Balaban J connectivity index is 2.96. The van der Waals surface area contributed by atoms with Gasteiger partial charge in [-0.15, -0.1) is 6.58 Å². The van der Waals surface area contributed by atoms with Crippen molar-refractivity contribution in [1.29, 1.82) is 5.26 Å². The Kier molecular flexibility index (Phi) is 4.47. The Hall–Kier alpha value is -1.18. The summed E-state index contributed by atoms with van der Waals surface area (Å²) in [4.78, 5) is 0. The predicted molar refractivity (Wildman–Crippen MR) is 60.7 cm³/mol. The van der Waals surface area contributed by atoms with Gasteiger partial charge in [0.05, 0.1) is 6.07 Å². The molecule has 0 aliphatic rings. The molecule has 0 saturated heterocycles. The molecule has 4 heteroatoms. The second kappa shape index (κ2) is 5.64. The summed E-state index contributed by atoms with van der Waals surface area (Å²) >= 11 is 3.24. The van der Waals surface area contributed by atoms with Gasteiger partial charge >= 0.3 is 0 Å². The maximum absolute atomic E-state index is 13.4. The van der Waals surface area contributed by atoms with Gasteiger partial charge in [0.1, 0.15) is 11.9 Å². The molecule has 78 valence electrons. The molecule has 0 amide bonds. The fourth-order valence-electron chi connectivity index (χ4n) is 1.16. The summed E-state index contributed by atoms with van der Waals surface area (Å²) in [6, 6.07) is 5.88. The number of halogens is 2. The first-order valence-corrected chi connectivity index (χ1v) is 5.17. The third-order valence-electron chi connectivity index (χ3n) is 1.86. The summed E-state index contributed by atoms with van der Waals surface area (Å²) in [6.45, 7) is 3.99. The zero-order valence-electron chi connectivity index (χ0n) is 8.00.